The van der Waals surface area contributed by atoms with Gasteiger partial charge in [0.25, 0.3) is 0 Å². The van der Waals surface area contributed by atoms with Crippen LogP contribution in [0.2, 0.25) is 0 Å². The Hall–Kier alpha value is -2.33. The Labute approximate surface area is 143 Å². The number of fused-ring (bicyclic) bond motifs is 1. The minimum absolute atomic E-state index is 0.146. The van der Waals surface area contributed by atoms with E-state index in [2.05, 4.69) is 53.5 Å². The molecule has 0 aliphatic rings. The van der Waals surface area contributed by atoms with E-state index in [-0.39, 0.29) is 12.0 Å². The monoisotopic (exact) mass is 323 g/mol. The first-order chi connectivity index (χ1) is 11.7. The van der Waals surface area contributed by atoms with E-state index in [0.717, 1.165) is 24.2 Å². The predicted octanol–water partition coefficient (Wildman–Crippen LogP) is 4.09. The Balaban J connectivity index is 2.10. The highest BCUT2D eigenvalue weighted by molar-refractivity contribution is 5.90. The highest BCUT2D eigenvalue weighted by Gasteiger charge is 2.20. The molecule has 0 radical (unpaired) electrons. The molecular weight excluding hydrogens is 298 g/mol. The second-order valence-corrected chi connectivity index (χ2v) is 6.32. The number of ether oxygens (including phenoxy) is 1. The van der Waals surface area contributed by atoms with Crippen molar-refractivity contribution in [3.8, 4) is 5.75 Å². The average molecular weight is 323 g/mol. The first-order valence-electron chi connectivity index (χ1n) is 8.52. The standard InChI is InChI=1S/C20H25N3O/c1-14(2)24-19-8-4-7-18-20(19)17(13-23-18)16(9-11-21-3)15-6-5-10-22-12-15/h4-8,10,12-14,16,21,23H,9,11H2,1-3H3. The lowest BCUT2D eigenvalue weighted by Crippen LogP contribution is -2.13. The first-order valence-corrected chi connectivity index (χ1v) is 8.52. The molecule has 1 aromatic carbocycles. The van der Waals surface area contributed by atoms with Crippen LogP contribution in [-0.4, -0.2) is 29.7 Å². The molecule has 0 saturated heterocycles. The smallest absolute Gasteiger partial charge is 0.129 e. The molecule has 0 saturated carbocycles. The van der Waals surface area contributed by atoms with Gasteiger partial charge in [0.15, 0.2) is 0 Å². The van der Waals surface area contributed by atoms with E-state index in [0.29, 0.717) is 0 Å². The average Bonchev–Trinajstić information content (AvgIpc) is 3.01. The molecule has 0 bridgehead atoms. The summed E-state index contributed by atoms with van der Waals surface area (Å²) in [6.07, 6.45) is 7.05. The van der Waals surface area contributed by atoms with Gasteiger partial charge >= 0.3 is 0 Å². The molecule has 1 unspecified atom stereocenters. The lowest BCUT2D eigenvalue weighted by Gasteiger charge is -2.18. The van der Waals surface area contributed by atoms with Crippen LogP contribution in [-0.2, 0) is 0 Å². The molecule has 2 heterocycles. The lowest BCUT2D eigenvalue weighted by atomic mass is 9.89. The van der Waals surface area contributed by atoms with Gasteiger partial charge in [0.2, 0.25) is 0 Å². The maximum absolute atomic E-state index is 6.07. The van der Waals surface area contributed by atoms with Crippen LogP contribution >= 0.6 is 0 Å². The zero-order valence-electron chi connectivity index (χ0n) is 14.5. The summed E-state index contributed by atoms with van der Waals surface area (Å²) in [6, 6.07) is 10.3. The Morgan fingerprint density at radius 3 is 2.79 bits per heavy atom. The van der Waals surface area contributed by atoms with Crippen LogP contribution < -0.4 is 10.1 Å². The molecule has 2 N–H and O–H groups in total. The van der Waals surface area contributed by atoms with E-state index >= 15 is 0 Å². The topological polar surface area (TPSA) is 49.9 Å². The lowest BCUT2D eigenvalue weighted by molar-refractivity contribution is 0.245. The van der Waals surface area contributed by atoms with Gasteiger partial charge in [0.05, 0.1) is 6.10 Å². The summed E-state index contributed by atoms with van der Waals surface area (Å²) in [6.45, 7) is 5.06. The van der Waals surface area contributed by atoms with Gasteiger partial charge < -0.3 is 15.0 Å². The zero-order chi connectivity index (χ0) is 16.9. The van der Waals surface area contributed by atoms with Crippen LogP contribution in [0.4, 0.5) is 0 Å². The number of nitrogens with zero attached hydrogens (tertiary/aromatic N) is 1. The van der Waals surface area contributed by atoms with Crippen LogP contribution in [0.5, 0.6) is 5.75 Å². The Morgan fingerprint density at radius 2 is 2.08 bits per heavy atom. The SMILES string of the molecule is CNCCC(c1cccnc1)c1c[nH]c2cccc(OC(C)C)c12. The predicted molar refractivity (Wildman–Crippen MR) is 98.7 cm³/mol. The van der Waals surface area contributed by atoms with E-state index in [1.54, 1.807) is 0 Å². The molecule has 0 amide bonds. The Bertz CT molecular complexity index is 780. The van der Waals surface area contributed by atoms with Crippen LogP contribution in [0.1, 0.15) is 37.3 Å². The number of hydrogen-bond donors (Lipinski definition) is 2. The van der Waals surface area contributed by atoms with Crippen molar-refractivity contribution in [1.82, 2.24) is 15.3 Å². The summed E-state index contributed by atoms with van der Waals surface area (Å²) < 4.78 is 6.07. The number of benzene rings is 1. The second-order valence-electron chi connectivity index (χ2n) is 6.32. The molecule has 126 valence electrons. The van der Waals surface area contributed by atoms with Crippen LogP contribution in [0.15, 0.2) is 48.9 Å². The third-order valence-corrected chi connectivity index (χ3v) is 4.21. The van der Waals surface area contributed by atoms with E-state index in [1.807, 2.05) is 31.6 Å². The van der Waals surface area contributed by atoms with E-state index in [9.17, 15) is 0 Å². The Morgan fingerprint density at radius 1 is 1.21 bits per heavy atom. The number of rotatable bonds is 7. The summed E-state index contributed by atoms with van der Waals surface area (Å²) in [4.78, 5) is 7.72. The third-order valence-electron chi connectivity index (χ3n) is 4.21. The normalized spacial score (nSPS) is 12.7. The molecule has 4 heteroatoms. The molecule has 0 aliphatic carbocycles. The van der Waals surface area contributed by atoms with Gasteiger partial charge in [-0.3, -0.25) is 4.98 Å². The van der Waals surface area contributed by atoms with E-state index in [4.69, 9.17) is 4.74 Å². The van der Waals surface area contributed by atoms with E-state index in [1.165, 1.54) is 16.5 Å². The molecule has 4 nitrogen and oxygen atoms in total. The number of pyridine rings is 1. The zero-order valence-corrected chi connectivity index (χ0v) is 14.5. The molecule has 24 heavy (non-hydrogen) atoms. The maximum atomic E-state index is 6.07. The molecule has 3 aromatic rings. The van der Waals surface area contributed by atoms with Gasteiger partial charge in [-0.2, -0.15) is 0 Å². The largest absolute Gasteiger partial charge is 0.490 e. The third kappa shape index (κ3) is 3.44. The van der Waals surface area contributed by atoms with E-state index < -0.39 is 0 Å². The minimum Gasteiger partial charge on any atom is -0.490 e. The van der Waals surface area contributed by atoms with Gasteiger partial charge in [-0.1, -0.05) is 12.1 Å². The minimum atomic E-state index is 0.146. The fourth-order valence-electron chi connectivity index (χ4n) is 3.18. The van der Waals surface area contributed by atoms with Crippen molar-refractivity contribution in [1.29, 1.82) is 0 Å². The fraction of sp³-hybridized carbons (Fsp3) is 0.350. The molecular formula is C20H25N3O. The van der Waals surface area contributed by atoms with Gasteiger partial charge in [0, 0.05) is 35.4 Å². The van der Waals surface area contributed by atoms with Crippen molar-refractivity contribution in [2.45, 2.75) is 32.3 Å². The fourth-order valence-corrected chi connectivity index (χ4v) is 3.18. The van der Waals surface area contributed by atoms with Crippen LogP contribution in [0.25, 0.3) is 10.9 Å². The van der Waals surface area contributed by atoms with Crippen molar-refractivity contribution >= 4 is 10.9 Å². The second kappa shape index (κ2) is 7.49. The van der Waals surface area contributed by atoms with Gasteiger partial charge in [-0.25, -0.2) is 0 Å². The van der Waals surface area contributed by atoms with Crippen molar-refractivity contribution in [2.24, 2.45) is 0 Å². The first kappa shape index (κ1) is 16.5. The van der Waals surface area contributed by atoms with Gasteiger partial charge in [-0.05, 0) is 63.2 Å². The summed E-state index contributed by atoms with van der Waals surface area (Å²) >= 11 is 0. The summed E-state index contributed by atoms with van der Waals surface area (Å²) in [5.41, 5.74) is 3.61. The van der Waals surface area contributed by atoms with Crippen molar-refractivity contribution in [2.75, 3.05) is 13.6 Å². The van der Waals surface area contributed by atoms with Crippen LogP contribution in [0, 0.1) is 0 Å². The Kier molecular flexibility index (Phi) is 5.16. The number of H-pyrrole nitrogens is 1. The van der Waals surface area contributed by atoms with Gasteiger partial charge in [0.1, 0.15) is 5.75 Å². The molecule has 0 spiro atoms. The summed E-state index contributed by atoms with van der Waals surface area (Å²) in [7, 11) is 1.99. The summed E-state index contributed by atoms with van der Waals surface area (Å²) in [5.74, 6) is 1.22. The molecule has 0 aliphatic heterocycles. The number of aromatic amines is 1. The van der Waals surface area contributed by atoms with Crippen molar-refractivity contribution in [3.05, 3.63) is 60.0 Å². The quantitative estimate of drug-likeness (QED) is 0.688. The highest BCUT2D eigenvalue weighted by Crippen LogP contribution is 2.37. The molecule has 3 rings (SSSR count). The van der Waals surface area contributed by atoms with Crippen LogP contribution in [0.3, 0.4) is 0 Å². The van der Waals surface area contributed by atoms with Gasteiger partial charge in [-0.15, -0.1) is 0 Å². The molecule has 0 fully saturated rings. The van der Waals surface area contributed by atoms with Crippen molar-refractivity contribution < 1.29 is 4.74 Å². The summed E-state index contributed by atoms with van der Waals surface area (Å²) in [5, 5.41) is 4.44. The molecule has 1 atom stereocenters. The molecule has 2 aromatic heterocycles. The number of aromatic nitrogens is 2. The maximum Gasteiger partial charge on any atom is 0.129 e. The highest BCUT2D eigenvalue weighted by atomic mass is 16.5. The van der Waals surface area contributed by atoms with Crippen molar-refractivity contribution in [3.63, 3.8) is 0 Å². The number of nitrogens with one attached hydrogen (secondary N) is 2. The number of hydrogen-bond acceptors (Lipinski definition) is 3.